The van der Waals surface area contributed by atoms with Crippen molar-refractivity contribution >= 4 is 0 Å². The molecule has 1 aromatic heterocycles. The minimum atomic E-state index is 0.173. The lowest BCUT2D eigenvalue weighted by atomic mass is 9.76. The molecule has 0 amide bonds. The molecule has 1 fully saturated rings. The van der Waals surface area contributed by atoms with Crippen molar-refractivity contribution < 1.29 is 4.74 Å². The maximum absolute atomic E-state index is 8.93. The van der Waals surface area contributed by atoms with Gasteiger partial charge in [0.1, 0.15) is 17.7 Å². The number of nitriles is 1. The monoisotopic (exact) mass is 231 g/mol. The molecular weight excluding hydrogens is 214 g/mol. The first kappa shape index (κ1) is 11.8. The molecule has 1 aromatic rings. The zero-order valence-electron chi connectivity index (χ0n) is 10.3. The summed E-state index contributed by atoms with van der Waals surface area (Å²) in [4.78, 5) is 0. The van der Waals surface area contributed by atoms with Crippen molar-refractivity contribution in [3.63, 3.8) is 0 Å². The lowest BCUT2D eigenvalue weighted by molar-refractivity contribution is 0.0937. The number of nitrogens with zero attached hydrogens (tertiary/aromatic N) is 3. The van der Waals surface area contributed by atoms with Crippen LogP contribution in [-0.4, -0.2) is 16.3 Å². The number of hydrogen-bond acceptors (Lipinski definition) is 4. The summed E-state index contributed by atoms with van der Waals surface area (Å²) in [6.07, 6.45) is 6.03. The fourth-order valence-electron chi connectivity index (χ4n) is 2.14. The number of aromatic nitrogens is 2. The van der Waals surface area contributed by atoms with Crippen molar-refractivity contribution in [2.45, 2.75) is 45.6 Å². The van der Waals surface area contributed by atoms with Gasteiger partial charge < -0.3 is 4.74 Å². The highest BCUT2D eigenvalue weighted by atomic mass is 16.5. The number of ether oxygens (including phenoxy) is 1. The highest BCUT2D eigenvalue weighted by molar-refractivity contribution is 5.35. The highest BCUT2D eigenvalue weighted by Crippen LogP contribution is 2.36. The molecule has 0 spiro atoms. The third-order valence-corrected chi connectivity index (χ3v) is 3.37. The van der Waals surface area contributed by atoms with Crippen LogP contribution in [0, 0.1) is 16.7 Å². The molecule has 1 heterocycles. The maximum atomic E-state index is 8.93. The SMILES string of the molecule is CC1(C)CCC(Oc2nnccc2C#N)CC1. The molecule has 0 radical (unpaired) electrons. The highest BCUT2D eigenvalue weighted by Gasteiger charge is 2.28. The maximum Gasteiger partial charge on any atom is 0.251 e. The fourth-order valence-corrected chi connectivity index (χ4v) is 2.14. The van der Waals surface area contributed by atoms with Gasteiger partial charge in [0.05, 0.1) is 6.20 Å². The molecule has 0 saturated heterocycles. The second-order valence-corrected chi connectivity index (χ2v) is 5.34. The predicted molar refractivity (Wildman–Crippen MR) is 63.4 cm³/mol. The van der Waals surface area contributed by atoms with E-state index in [9.17, 15) is 0 Å². The van der Waals surface area contributed by atoms with Crippen LogP contribution in [0.25, 0.3) is 0 Å². The van der Waals surface area contributed by atoms with Gasteiger partial charge in [0.2, 0.25) is 0 Å². The molecular formula is C13H17N3O. The third kappa shape index (κ3) is 2.94. The van der Waals surface area contributed by atoms with E-state index >= 15 is 0 Å². The van der Waals surface area contributed by atoms with Gasteiger partial charge in [0.25, 0.3) is 5.88 Å². The van der Waals surface area contributed by atoms with Crippen LogP contribution in [0.5, 0.6) is 5.88 Å². The first-order chi connectivity index (χ1) is 8.11. The van der Waals surface area contributed by atoms with Crippen molar-refractivity contribution in [3.8, 4) is 11.9 Å². The Balaban J connectivity index is 2.01. The summed E-state index contributed by atoms with van der Waals surface area (Å²) in [5.74, 6) is 0.375. The van der Waals surface area contributed by atoms with E-state index in [1.165, 1.54) is 6.20 Å². The molecule has 17 heavy (non-hydrogen) atoms. The van der Waals surface area contributed by atoms with E-state index < -0.39 is 0 Å². The largest absolute Gasteiger partial charge is 0.472 e. The molecule has 0 atom stereocenters. The Hall–Kier alpha value is -1.63. The van der Waals surface area contributed by atoms with E-state index in [0.717, 1.165) is 25.7 Å². The summed E-state index contributed by atoms with van der Waals surface area (Å²) < 4.78 is 5.77. The van der Waals surface area contributed by atoms with E-state index in [2.05, 4.69) is 30.1 Å². The predicted octanol–water partition coefficient (Wildman–Crippen LogP) is 2.70. The molecule has 4 nitrogen and oxygen atoms in total. The van der Waals surface area contributed by atoms with Crippen molar-refractivity contribution in [1.82, 2.24) is 10.2 Å². The minimum Gasteiger partial charge on any atom is -0.472 e. The second kappa shape index (κ2) is 4.70. The summed E-state index contributed by atoms with van der Waals surface area (Å²) in [5.41, 5.74) is 0.880. The molecule has 1 aliphatic rings. The van der Waals surface area contributed by atoms with Crippen LogP contribution in [0.2, 0.25) is 0 Å². The topological polar surface area (TPSA) is 58.8 Å². The number of rotatable bonds is 2. The molecule has 1 aliphatic carbocycles. The van der Waals surface area contributed by atoms with Crippen LogP contribution >= 0.6 is 0 Å². The lowest BCUT2D eigenvalue weighted by Gasteiger charge is -2.34. The van der Waals surface area contributed by atoms with Gasteiger partial charge in [-0.2, -0.15) is 10.4 Å². The molecule has 0 aliphatic heterocycles. The van der Waals surface area contributed by atoms with Crippen LogP contribution in [-0.2, 0) is 0 Å². The third-order valence-electron chi connectivity index (χ3n) is 3.37. The summed E-state index contributed by atoms with van der Waals surface area (Å²) >= 11 is 0. The van der Waals surface area contributed by atoms with Gasteiger partial charge in [-0.15, -0.1) is 5.10 Å². The standard InChI is InChI=1S/C13H17N3O/c1-13(2)6-3-11(4-7-13)17-12-10(9-14)5-8-15-16-12/h5,8,11H,3-4,6-7H2,1-2H3. The molecule has 0 unspecified atom stereocenters. The molecule has 0 aromatic carbocycles. The Morgan fingerprint density at radius 1 is 1.41 bits per heavy atom. The average Bonchev–Trinajstić information content (AvgIpc) is 2.32. The zero-order chi connectivity index (χ0) is 12.3. The van der Waals surface area contributed by atoms with Crippen molar-refractivity contribution in [3.05, 3.63) is 17.8 Å². The summed E-state index contributed by atoms with van der Waals surface area (Å²) in [5, 5.41) is 16.6. The van der Waals surface area contributed by atoms with Gasteiger partial charge in [0, 0.05) is 0 Å². The summed E-state index contributed by atoms with van der Waals surface area (Å²) in [6.45, 7) is 4.57. The van der Waals surface area contributed by atoms with Crippen molar-refractivity contribution in [2.75, 3.05) is 0 Å². The Bertz CT molecular complexity index is 427. The second-order valence-electron chi connectivity index (χ2n) is 5.34. The smallest absolute Gasteiger partial charge is 0.251 e. The van der Waals surface area contributed by atoms with E-state index in [1.807, 2.05) is 0 Å². The normalized spacial score (nSPS) is 19.6. The van der Waals surface area contributed by atoms with Gasteiger partial charge in [-0.3, -0.25) is 0 Å². The van der Waals surface area contributed by atoms with E-state index in [-0.39, 0.29) is 6.10 Å². The minimum absolute atomic E-state index is 0.173. The van der Waals surface area contributed by atoms with Crippen LogP contribution in [0.15, 0.2) is 12.3 Å². The molecule has 0 bridgehead atoms. The van der Waals surface area contributed by atoms with Crippen LogP contribution in [0.4, 0.5) is 0 Å². The Morgan fingerprint density at radius 2 is 2.12 bits per heavy atom. The van der Waals surface area contributed by atoms with Gasteiger partial charge >= 0.3 is 0 Å². The first-order valence-electron chi connectivity index (χ1n) is 5.99. The van der Waals surface area contributed by atoms with E-state index in [0.29, 0.717) is 16.9 Å². The molecule has 90 valence electrons. The molecule has 2 rings (SSSR count). The van der Waals surface area contributed by atoms with Gasteiger partial charge in [-0.25, -0.2) is 0 Å². The molecule has 1 saturated carbocycles. The lowest BCUT2D eigenvalue weighted by Crippen LogP contribution is -2.28. The van der Waals surface area contributed by atoms with Gasteiger partial charge in [-0.1, -0.05) is 13.8 Å². The fraction of sp³-hybridized carbons (Fsp3) is 0.615. The van der Waals surface area contributed by atoms with Gasteiger partial charge in [-0.05, 0) is 37.2 Å². The number of hydrogen-bond donors (Lipinski definition) is 0. The Labute approximate surface area is 102 Å². The molecule has 4 heteroatoms. The zero-order valence-corrected chi connectivity index (χ0v) is 10.3. The van der Waals surface area contributed by atoms with E-state index in [4.69, 9.17) is 10.00 Å². The summed E-state index contributed by atoms with van der Waals surface area (Å²) in [6, 6.07) is 3.71. The van der Waals surface area contributed by atoms with E-state index in [1.54, 1.807) is 6.07 Å². The Morgan fingerprint density at radius 3 is 2.76 bits per heavy atom. The summed E-state index contributed by atoms with van der Waals surface area (Å²) in [7, 11) is 0. The van der Waals surface area contributed by atoms with Crippen molar-refractivity contribution in [2.24, 2.45) is 5.41 Å². The quantitative estimate of drug-likeness (QED) is 0.785. The van der Waals surface area contributed by atoms with Crippen molar-refractivity contribution in [1.29, 1.82) is 5.26 Å². The average molecular weight is 231 g/mol. The molecule has 0 N–H and O–H groups in total. The van der Waals surface area contributed by atoms with Crippen LogP contribution in [0.1, 0.15) is 45.1 Å². The van der Waals surface area contributed by atoms with Gasteiger partial charge in [0.15, 0.2) is 0 Å². The first-order valence-corrected chi connectivity index (χ1v) is 5.99. The van der Waals surface area contributed by atoms with Crippen LogP contribution < -0.4 is 4.74 Å². The van der Waals surface area contributed by atoms with Crippen LogP contribution in [0.3, 0.4) is 0 Å². The Kier molecular flexibility index (Phi) is 3.28.